The molecule has 3 rings (SSSR count). The van der Waals surface area contributed by atoms with E-state index in [1.54, 1.807) is 7.11 Å². The minimum Gasteiger partial charge on any atom is -0.497 e. The van der Waals surface area contributed by atoms with E-state index in [1.165, 1.54) is 23.1 Å². The van der Waals surface area contributed by atoms with E-state index in [0.717, 1.165) is 29.1 Å². The van der Waals surface area contributed by atoms with Crippen LogP contribution < -0.4 is 10.1 Å². The number of carbonyl (C=O) groups is 1. The second-order valence-corrected chi connectivity index (χ2v) is 9.22. The number of thiazole rings is 1. The molecule has 2 aromatic heterocycles. The van der Waals surface area contributed by atoms with Gasteiger partial charge in [-0.2, -0.15) is 5.26 Å². The Morgan fingerprint density at radius 2 is 2.00 bits per heavy atom. The van der Waals surface area contributed by atoms with Crippen LogP contribution in [0.25, 0.3) is 11.3 Å². The van der Waals surface area contributed by atoms with E-state index in [1.807, 2.05) is 41.8 Å². The SMILES string of the molecule is COc1ccc(-c2csc(NC(=O)CCSc3nc(CC(C)C)ccc3C#N)n2)cc1. The molecule has 3 aromatic rings. The van der Waals surface area contributed by atoms with Crippen molar-refractivity contribution in [2.24, 2.45) is 5.92 Å². The lowest BCUT2D eigenvalue weighted by atomic mass is 10.1. The topological polar surface area (TPSA) is 87.9 Å². The minimum absolute atomic E-state index is 0.111. The van der Waals surface area contributed by atoms with Crippen molar-refractivity contribution >= 4 is 34.1 Å². The molecule has 1 aromatic carbocycles. The van der Waals surface area contributed by atoms with Gasteiger partial charge in [0.2, 0.25) is 5.91 Å². The lowest BCUT2D eigenvalue weighted by Gasteiger charge is -2.08. The van der Waals surface area contributed by atoms with Crippen molar-refractivity contribution in [3.8, 4) is 23.1 Å². The Kier molecular flexibility index (Phi) is 8.04. The van der Waals surface area contributed by atoms with Crippen LogP contribution in [0.4, 0.5) is 5.13 Å². The van der Waals surface area contributed by atoms with Gasteiger partial charge in [-0.1, -0.05) is 13.8 Å². The molecule has 6 nitrogen and oxygen atoms in total. The maximum Gasteiger partial charge on any atom is 0.226 e. The van der Waals surface area contributed by atoms with E-state index in [-0.39, 0.29) is 5.91 Å². The van der Waals surface area contributed by atoms with Crippen molar-refractivity contribution < 1.29 is 9.53 Å². The number of aromatic nitrogens is 2. The van der Waals surface area contributed by atoms with Crippen LogP contribution in [0, 0.1) is 17.2 Å². The van der Waals surface area contributed by atoms with Crippen LogP contribution in [0.5, 0.6) is 5.75 Å². The van der Waals surface area contributed by atoms with Gasteiger partial charge in [-0.3, -0.25) is 4.79 Å². The van der Waals surface area contributed by atoms with Gasteiger partial charge in [-0.25, -0.2) is 9.97 Å². The van der Waals surface area contributed by atoms with Crippen LogP contribution in [0.2, 0.25) is 0 Å². The Labute approximate surface area is 190 Å². The Morgan fingerprint density at radius 3 is 2.68 bits per heavy atom. The summed E-state index contributed by atoms with van der Waals surface area (Å²) in [6.07, 6.45) is 1.17. The van der Waals surface area contributed by atoms with Gasteiger partial charge in [-0.05, 0) is 48.7 Å². The second kappa shape index (κ2) is 10.9. The maximum absolute atomic E-state index is 12.3. The largest absolute Gasteiger partial charge is 0.497 e. The van der Waals surface area contributed by atoms with Crippen LogP contribution in [-0.4, -0.2) is 28.7 Å². The van der Waals surface area contributed by atoms with Gasteiger partial charge >= 0.3 is 0 Å². The number of rotatable bonds is 9. The first-order chi connectivity index (χ1) is 15.0. The summed E-state index contributed by atoms with van der Waals surface area (Å²) >= 11 is 2.82. The van der Waals surface area contributed by atoms with Gasteiger partial charge in [-0.15, -0.1) is 23.1 Å². The first kappa shape index (κ1) is 22.8. The van der Waals surface area contributed by atoms with Crippen LogP contribution in [-0.2, 0) is 11.2 Å². The fourth-order valence-electron chi connectivity index (χ4n) is 2.85. The van der Waals surface area contributed by atoms with Gasteiger partial charge < -0.3 is 10.1 Å². The number of amides is 1. The third-order valence-corrected chi connectivity index (χ3v) is 6.11. The normalized spacial score (nSPS) is 10.7. The number of hydrogen-bond donors (Lipinski definition) is 1. The molecule has 0 aliphatic heterocycles. The van der Waals surface area contributed by atoms with E-state index >= 15 is 0 Å². The highest BCUT2D eigenvalue weighted by Gasteiger charge is 2.11. The van der Waals surface area contributed by atoms with Crippen molar-refractivity contribution in [2.45, 2.75) is 31.7 Å². The lowest BCUT2D eigenvalue weighted by molar-refractivity contribution is -0.115. The predicted molar refractivity (Wildman–Crippen MR) is 126 cm³/mol. The first-order valence-corrected chi connectivity index (χ1v) is 11.8. The predicted octanol–water partition coefficient (Wildman–Crippen LogP) is 5.40. The molecule has 0 saturated carbocycles. The summed E-state index contributed by atoms with van der Waals surface area (Å²) in [6, 6.07) is 13.5. The average Bonchev–Trinajstić information content (AvgIpc) is 3.22. The molecule has 1 amide bonds. The zero-order valence-corrected chi connectivity index (χ0v) is 19.3. The Morgan fingerprint density at radius 1 is 1.23 bits per heavy atom. The van der Waals surface area contributed by atoms with Crippen LogP contribution in [0.15, 0.2) is 46.8 Å². The molecule has 8 heteroatoms. The number of hydrogen-bond acceptors (Lipinski definition) is 7. The van der Waals surface area contributed by atoms with Crippen molar-refractivity contribution in [2.75, 3.05) is 18.2 Å². The zero-order valence-electron chi connectivity index (χ0n) is 17.7. The van der Waals surface area contributed by atoms with Crippen molar-refractivity contribution in [3.63, 3.8) is 0 Å². The summed E-state index contributed by atoms with van der Waals surface area (Å²) in [5.74, 6) is 1.70. The summed E-state index contributed by atoms with van der Waals surface area (Å²) in [4.78, 5) is 21.4. The number of methoxy groups -OCH3 is 1. The summed E-state index contributed by atoms with van der Waals surface area (Å²) < 4.78 is 5.17. The molecule has 2 heterocycles. The smallest absolute Gasteiger partial charge is 0.226 e. The highest BCUT2D eigenvalue weighted by Crippen LogP contribution is 2.27. The highest BCUT2D eigenvalue weighted by molar-refractivity contribution is 7.99. The quantitative estimate of drug-likeness (QED) is 0.437. The van der Waals surface area contributed by atoms with E-state index in [9.17, 15) is 10.1 Å². The van der Waals surface area contributed by atoms with E-state index in [4.69, 9.17) is 4.74 Å². The van der Waals surface area contributed by atoms with Gasteiger partial charge in [0.05, 0.1) is 18.4 Å². The second-order valence-electron chi connectivity index (χ2n) is 7.28. The number of thioether (sulfide) groups is 1. The third kappa shape index (κ3) is 6.54. The fraction of sp³-hybridized carbons (Fsp3) is 0.304. The number of carbonyl (C=O) groups excluding carboxylic acids is 1. The molecular formula is C23H24N4O2S2. The Hall–Kier alpha value is -2.89. The maximum atomic E-state index is 12.3. The average molecular weight is 453 g/mol. The highest BCUT2D eigenvalue weighted by atomic mass is 32.2. The number of anilines is 1. The molecule has 0 spiro atoms. The van der Waals surface area contributed by atoms with Crippen LogP contribution >= 0.6 is 23.1 Å². The fourth-order valence-corrected chi connectivity index (χ4v) is 4.52. The van der Waals surface area contributed by atoms with Crippen molar-refractivity contribution in [3.05, 3.63) is 53.0 Å². The zero-order chi connectivity index (χ0) is 22.2. The van der Waals surface area contributed by atoms with Crippen molar-refractivity contribution in [1.29, 1.82) is 5.26 Å². The van der Waals surface area contributed by atoms with Gasteiger partial charge in [0, 0.05) is 28.8 Å². The van der Waals surface area contributed by atoms with E-state index < -0.39 is 0 Å². The molecule has 31 heavy (non-hydrogen) atoms. The van der Waals surface area contributed by atoms with Gasteiger partial charge in [0.15, 0.2) is 5.13 Å². The third-order valence-electron chi connectivity index (χ3n) is 4.36. The molecule has 0 aliphatic carbocycles. The molecule has 0 saturated heterocycles. The van der Waals surface area contributed by atoms with Gasteiger partial charge in [0.1, 0.15) is 16.8 Å². The lowest BCUT2D eigenvalue weighted by Crippen LogP contribution is -2.12. The molecule has 160 valence electrons. The molecule has 0 atom stereocenters. The number of nitriles is 1. The Bertz CT molecular complexity index is 1070. The van der Waals surface area contributed by atoms with Crippen LogP contribution in [0.3, 0.4) is 0 Å². The first-order valence-electron chi connectivity index (χ1n) is 9.91. The standard InChI is InChI=1S/C23H24N4O2S2/c1-15(2)12-18-7-4-17(13-24)22(25-18)30-11-10-21(28)27-23-26-20(14-31-23)16-5-8-19(29-3)9-6-16/h4-9,14-15H,10-12H2,1-3H3,(H,26,27,28). The number of benzene rings is 1. The number of nitrogens with zero attached hydrogens (tertiary/aromatic N) is 3. The molecule has 0 radical (unpaired) electrons. The number of nitrogens with one attached hydrogen (secondary N) is 1. The molecule has 0 unspecified atom stereocenters. The van der Waals surface area contributed by atoms with Crippen molar-refractivity contribution in [1.82, 2.24) is 9.97 Å². The molecule has 0 bridgehead atoms. The van der Waals surface area contributed by atoms with Gasteiger partial charge in [0.25, 0.3) is 0 Å². The summed E-state index contributed by atoms with van der Waals surface area (Å²) in [5.41, 5.74) is 3.28. The minimum atomic E-state index is -0.111. The molecular weight excluding hydrogens is 428 g/mol. The van der Waals surface area contributed by atoms with E-state index in [2.05, 4.69) is 35.2 Å². The number of pyridine rings is 1. The van der Waals surface area contributed by atoms with Crippen LogP contribution in [0.1, 0.15) is 31.5 Å². The summed E-state index contributed by atoms with van der Waals surface area (Å²) in [6.45, 7) is 4.27. The number of ether oxygens (including phenoxy) is 1. The summed E-state index contributed by atoms with van der Waals surface area (Å²) in [7, 11) is 1.63. The monoisotopic (exact) mass is 452 g/mol. The molecule has 0 aliphatic rings. The van der Waals surface area contributed by atoms with E-state index in [0.29, 0.717) is 33.8 Å². The molecule has 0 fully saturated rings. The molecule has 1 N–H and O–H groups in total. The summed E-state index contributed by atoms with van der Waals surface area (Å²) in [5, 5.41) is 15.3. The Balaban J connectivity index is 1.54.